The van der Waals surface area contributed by atoms with E-state index >= 15 is 0 Å². The van der Waals surface area contributed by atoms with Gasteiger partial charge in [0.1, 0.15) is 0 Å². The van der Waals surface area contributed by atoms with Gasteiger partial charge in [-0.05, 0) is 25.0 Å². The molecule has 1 heterocycles. The summed E-state index contributed by atoms with van der Waals surface area (Å²) in [5, 5.41) is 10.2. The highest BCUT2D eigenvalue weighted by Gasteiger charge is 2.37. The number of hydrogen-bond acceptors (Lipinski definition) is 3. The predicted octanol–water partition coefficient (Wildman–Crippen LogP) is 2.39. The van der Waals surface area contributed by atoms with Crippen LogP contribution in [0.4, 0.5) is 0 Å². The van der Waals surface area contributed by atoms with E-state index in [-0.39, 0.29) is 24.3 Å². The van der Waals surface area contributed by atoms with Crippen LogP contribution in [-0.2, 0) is 0 Å². The van der Waals surface area contributed by atoms with E-state index in [0.29, 0.717) is 11.1 Å². The van der Waals surface area contributed by atoms with Crippen molar-refractivity contribution in [1.82, 2.24) is 4.90 Å². The summed E-state index contributed by atoms with van der Waals surface area (Å²) in [6.45, 7) is 5.98. The summed E-state index contributed by atoms with van der Waals surface area (Å²) in [6, 6.07) is 5.25. The molecule has 1 aliphatic rings. The Morgan fingerprint density at radius 3 is 2.30 bits per heavy atom. The van der Waals surface area contributed by atoms with E-state index in [1.807, 2.05) is 26.8 Å². The smallest absolute Gasteiger partial charge is 0.261 e. The molecule has 4 heteroatoms. The largest absolute Gasteiger partial charge is 0.391 e. The minimum absolute atomic E-state index is 0.0811. The number of nitrogens with zero attached hydrogens (tertiary/aromatic N) is 1. The van der Waals surface area contributed by atoms with Crippen LogP contribution in [0.3, 0.4) is 0 Å². The maximum atomic E-state index is 12.3. The lowest BCUT2D eigenvalue weighted by Gasteiger charge is -2.24. The van der Waals surface area contributed by atoms with Crippen molar-refractivity contribution >= 4 is 11.8 Å². The Morgan fingerprint density at radius 1 is 1.10 bits per heavy atom. The summed E-state index contributed by atoms with van der Waals surface area (Å²) in [5.41, 5.74) is 1.84. The zero-order valence-electron chi connectivity index (χ0n) is 12.2. The number of aliphatic hydroxyl groups is 1. The van der Waals surface area contributed by atoms with E-state index in [9.17, 15) is 14.7 Å². The van der Waals surface area contributed by atoms with Gasteiger partial charge in [-0.15, -0.1) is 0 Å². The van der Waals surface area contributed by atoms with Crippen molar-refractivity contribution in [2.24, 2.45) is 5.92 Å². The second-order valence-corrected chi connectivity index (χ2v) is 5.41. The molecule has 0 spiro atoms. The van der Waals surface area contributed by atoms with E-state index in [0.717, 1.165) is 18.4 Å². The fourth-order valence-electron chi connectivity index (χ4n) is 2.74. The number of amides is 2. The molecule has 108 valence electrons. The van der Waals surface area contributed by atoms with Gasteiger partial charge < -0.3 is 5.11 Å². The molecule has 1 atom stereocenters. The first-order chi connectivity index (χ1) is 9.49. The molecule has 2 amide bonds. The summed E-state index contributed by atoms with van der Waals surface area (Å²) in [6.07, 6.45) is 1.01. The quantitative estimate of drug-likeness (QED) is 0.839. The first-order valence-electron chi connectivity index (χ1n) is 7.14. The van der Waals surface area contributed by atoms with Crippen molar-refractivity contribution in [1.29, 1.82) is 0 Å². The fraction of sp³-hybridized carbons (Fsp3) is 0.500. The molecule has 4 nitrogen and oxygen atoms in total. The zero-order valence-corrected chi connectivity index (χ0v) is 12.2. The Hall–Kier alpha value is -1.68. The maximum absolute atomic E-state index is 12.3. The normalized spacial score (nSPS) is 15.9. The number of hydrogen-bond donors (Lipinski definition) is 1. The van der Waals surface area contributed by atoms with Crippen LogP contribution in [0, 0.1) is 12.8 Å². The van der Waals surface area contributed by atoms with E-state index in [1.165, 1.54) is 4.90 Å². The van der Waals surface area contributed by atoms with Crippen molar-refractivity contribution in [3.63, 3.8) is 0 Å². The van der Waals surface area contributed by atoms with Gasteiger partial charge in [0.25, 0.3) is 11.8 Å². The Morgan fingerprint density at radius 2 is 1.70 bits per heavy atom. The molecule has 0 fully saturated rings. The molecule has 2 rings (SSSR count). The number of carbonyl (C=O) groups is 2. The van der Waals surface area contributed by atoms with Gasteiger partial charge in [0, 0.05) is 0 Å². The van der Waals surface area contributed by atoms with Gasteiger partial charge in [0.05, 0.1) is 23.8 Å². The number of benzene rings is 1. The molecule has 1 aliphatic heterocycles. The summed E-state index contributed by atoms with van der Waals surface area (Å²) in [4.78, 5) is 25.7. The van der Waals surface area contributed by atoms with Gasteiger partial charge in [-0.3, -0.25) is 14.5 Å². The topological polar surface area (TPSA) is 57.6 Å². The van der Waals surface area contributed by atoms with Crippen LogP contribution in [-0.4, -0.2) is 34.5 Å². The summed E-state index contributed by atoms with van der Waals surface area (Å²) in [5.74, 6) is -0.477. The molecule has 0 aromatic heterocycles. The van der Waals surface area contributed by atoms with E-state index in [1.54, 1.807) is 12.1 Å². The molecule has 0 bridgehead atoms. The van der Waals surface area contributed by atoms with Crippen LogP contribution in [0.2, 0.25) is 0 Å². The molecule has 1 unspecified atom stereocenters. The third-order valence-corrected chi connectivity index (χ3v) is 4.09. The van der Waals surface area contributed by atoms with Crippen LogP contribution in [0.5, 0.6) is 0 Å². The molecular weight excluding hydrogens is 254 g/mol. The first-order valence-corrected chi connectivity index (χ1v) is 7.14. The summed E-state index contributed by atoms with van der Waals surface area (Å²) >= 11 is 0. The number of rotatable bonds is 5. The van der Waals surface area contributed by atoms with Gasteiger partial charge in [-0.25, -0.2) is 0 Å². The first kappa shape index (κ1) is 14.7. The molecule has 1 aromatic carbocycles. The lowest BCUT2D eigenvalue weighted by molar-refractivity contribution is 0.0418. The zero-order chi connectivity index (χ0) is 14.9. The predicted molar refractivity (Wildman–Crippen MR) is 76.6 cm³/mol. The third-order valence-electron chi connectivity index (χ3n) is 4.09. The average Bonchev–Trinajstić information content (AvgIpc) is 2.65. The Labute approximate surface area is 119 Å². The SMILES string of the molecule is CCC(CC)C(O)CN1C(=O)c2ccc(C)cc2C1=O. The van der Waals surface area contributed by atoms with Crippen LogP contribution >= 0.6 is 0 Å². The molecule has 0 aliphatic carbocycles. The number of carbonyl (C=O) groups excluding carboxylic acids is 2. The molecular formula is C16H21NO3. The maximum Gasteiger partial charge on any atom is 0.261 e. The van der Waals surface area contributed by atoms with Crippen LogP contribution in [0.1, 0.15) is 53.0 Å². The van der Waals surface area contributed by atoms with Gasteiger partial charge in [-0.2, -0.15) is 0 Å². The second kappa shape index (κ2) is 5.75. The minimum Gasteiger partial charge on any atom is -0.391 e. The highest BCUT2D eigenvalue weighted by Crippen LogP contribution is 2.25. The van der Waals surface area contributed by atoms with Crippen LogP contribution in [0.15, 0.2) is 18.2 Å². The van der Waals surface area contributed by atoms with Crippen molar-refractivity contribution in [3.05, 3.63) is 34.9 Å². The van der Waals surface area contributed by atoms with Gasteiger partial charge in [0.2, 0.25) is 0 Å². The van der Waals surface area contributed by atoms with Gasteiger partial charge in [0.15, 0.2) is 0 Å². The van der Waals surface area contributed by atoms with E-state index < -0.39 is 6.10 Å². The highest BCUT2D eigenvalue weighted by atomic mass is 16.3. The number of fused-ring (bicyclic) bond motifs is 1. The lowest BCUT2D eigenvalue weighted by atomic mass is 9.96. The van der Waals surface area contributed by atoms with E-state index in [4.69, 9.17) is 0 Å². The number of imide groups is 1. The summed E-state index contributed by atoms with van der Waals surface area (Å²) in [7, 11) is 0. The number of aliphatic hydroxyl groups excluding tert-OH is 1. The molecule has 0 saturated heterocycles. The Balaban J connectivity index is 2.20. The summed E-state index contributed by atoms with van der Waals surface area (Å²) < 4.78 is 0. The molecule has 1 N–H and O–H groups in total. The van der Waals surface area contributed by atoms with Crippen molar-refractivity contribution in [3.8, 4) is 0 Å². The Bertz CT molecular complexity index is 535. The highest BCUT2D eigenvalue weighted by molar-refractivity contribution is 6.21. The van der Waals surface area contributed by atoms with Crippen molar-refractivity contribution in [2.45, 2.75) is 39.7 Å². The van der Waals surface area contributed by atoms with Crippen LogP contribution < -0.4 is 0 Å². The lowest BCUT2D eigenvalue weighted by Crippen LogP contribution is -2.39. The molecule has 0 saturated carbocycles. The minimum atomic E-state index is -0.659. The standard InChI is InChI=1S/C16H21NO3/c1-4-11(5-2)14(18)9-17-15(19)12-7-6-10(3)8-13(12)16(17)20/h6-8,11,14,18H,4-5,9H2,1-3H3. The van der Waals surface area contributed by atoms with Gasteiger partial charge in [-0.1, -0.05) is 38.3 Å². The van der Waals surface area contributed by atoms with Gasteiger partial charge >= 0.3 is 0 Å². The molecule has 0 radical (unpaired) electrons. The average molecular weight is 275 g/mol. The second-order valence-electron chi connectivity index (χ2n) is 5.41. The monoisotopic (exact) mass is 275 g/mol. The van der Waals surface area contributed by atoms with Crippen molar-refractivity contribution < 1.29 is 14.7 Å². The van der Waals surface area contributed by atoms with Crippen molar-refractivity contribution in [2.75, 3.05) is 6.54 Å². The van der Waals surface area contributed by atoms with Crippen LogP contribution in [0.25, 0.3) is 0 Å². The fourth-order valence-corrected chi connectivity index (χ4v) is 2.74. The van der Waals surface area contributed by atoms with E-state index in [2.05, 4.69) is 0 Å². The molecule has 1 aromatic rings. The Kier molecular flexibility index (Phi) is 4.23. The number of β-amino-alcohol motifs (C(OH)–C–C–N with tert-alkyl or cyclic N) is 1. The molecule has 20 heavy (non-hydrogen) atoms. The number of aryl methyl sites for hydroxylation is 1. The third kappa shape index (κ3) is 2.48.